The summed E-state index contributed by atoms with van der Waals surface area (Å²) in [7, 11) is 0. The van der Waals surface area contributed by atoms with Gasteiger partial charge in [-0.25, -0.2) is 0 Å². The molecular formula is C13H21NO2. The highest BCUT2D eigenvalue weighted by Gasteiger charge is 2.05. The fraction of sp³-hybridized carbons (Fsp3) is 0.538. The van der Waals surface area contributed by atoms with Crippen LogP contribution < -0.4 is 10.5 Å². The highest BCUT2D eigenvalue weighted by molar-refractivity contribution is 5.30. The van der Waals surface area contributed by atoms with E-state index in [1.54, 1.807) is 0 Å². The maximum absolute atomic E-state index is 5.81. The van der Waals surface area contributed by atoms with Crippen molar-refractivity contribution in [2.75, 3.05) is 13.2 Å². The molecule has 2 atom stereocenters. The smallest absolute Gasteiger partial charge is 0.120 e. The quantitative estimate of drug-likeness (QED) is 0.806. The summed E-state index contributed by atoms with van der Waals surface area (Å²) in [4.78, 5) is 0. The van der Waals surface area contributed by atoms with Crippen molar-refractivity contribution in [1.82, 2.24) is 0 Å². The number of rotatable bonds is 6. The molecule has 16 heavy (non-hydrogen) atoms. The first-order chi connectivity index (χ1) is 7.63. The molecule has 0 radical (unpaired) electrons. The predicted octanol–water partition coefficient (Wildman–Crippen LogP) is 2.51. The zero-order valence-corrected chi connectivity index (χ0v) is 10.3. The molecule has 0 aliphatic rings. The molecule has 0 aliphatic carbocycles. The van der Waals surface area contributed by atoms with Gasteiger partial charge in [0.15, 0.2) is 0 Å². The summed E-state index contributed by atoms with van der Waals surface area (Å²) in [5.41, 5.74) is 6.90. The van der Waals surface area contributed by atoms with Crippen LogP contribution >= 0.6 is 0 Å². The van der Waals surface area contributed by atoms with Crippen LogP contribution in [0.1, 0.15) is 32.4 Å². The minimum atomic E-state index is 0.0331. The Bertz CT molecular complexity index is 313. The lowest BCUT2D eigenvalue weighted by Crippen LogP contribution is -2.19. The molecule has 0 spiro atoms. The largest absolute Gasteiger partial charge is 0.488 e. The Morgan fingerprint density at radius 3 is 2.69 bits per heavy atom. The van der Waals surface area contributed by atoms with Gasteiger partial charge in [-0.2, -0.15) is 0 Å². The van der Waals surface area contributed by atoms with Crippen molar-refractivity contribution in [3.05, 3.63) is 29.8 Å². The van der Waals surface area contributed by atoms with Crippen molar-refractivity contribution in [3.8, 4) is 5.75 Å². The molecule has 0 saturated carbocycles. The number of ether oxygens (including phenoxy) is 2. The third-order valence-corrected chi connectivity index (χ3v) is 2.28. The van der Waals surface area contributed by atoms with Crippen molar-refractivity contribution in [2.24, 2.45) is 5.73 Å². The summed E-state index contributed by atoms with van der Waals surface area (Å²) in [6, 6.07) is 7.92. The third kappa shape index (κ3) is 4.21. The molecule has 2 unspecified atom stereocenters. The first-order valence-electron chi connectivity index (χ1n) is 5.73. The Hall–Kier alpha value is -1.06. The number of hydrogen-bond donors (Lipinski definition) is 1. The highest BCUT2D eigenvalue weighted by atomic mass is 16.5. The van der Waals surface area contributed by atoms with Gasteiger partial charge in [0.1, 0.15) is 11.9 Å². The van der Waals surface area contributed by atoms with Gasteiger partial charge in [0, 0.05) is 12.6 Å². The van der Waals surface area contributed by atoms with Crippen molar-refractivity contribution in [3.63, 3.8) is 0 Å². The van der Waals surface area contributed by atoms with Crippen molar-refractivity contribution in [1.29, 1.82) is 0 Å². The molecule has 0 aliphatic heterocycles. The molecule has 0 aromatic heterocycles. The molecule has 1 aromatic carbocycles. The number of benzene rings is 1. The van der Waals surface area contributed by atoms with Gasteiger partial charge >= 0.3 is 0 Å². The summed E-state index contributed by atoms with van der Waals surface area (Å²) in [5, 5.41) is 0. The Morgan fingerprint density at radius 1 is 1.31 bits per heavy atom. The summed E-state index contributed by atoms with van der Waals surface area (Å²) in [5.74, 6) is 0.849. The van der Waals surface area contributed by atoms with Gasteiger partial charge in [-0.15, -0.1) is 0 Å². The van der Waals surface area contributed by atoms with Crippen molar-refractivity contribution >= 4 is 0 Å². The molecule has 3 heteroatoms. The van der Waals surface area contributed by atoms with E-state index < -0.39 is 0 Å². The van der Waals surface area contributed by atoms with Gasteiger partial charge in [0.25, 0.3) is 0 Å². The monoisotopic (exact) mass is 223 g/mol. The highest BCUT2D eigenvalue weighted by Crippen LogP contribution is 2.18. The fourth-order valence-corrected chi connectivity index (χ4v) is 1.42. The van der Waals surface area contributed by atoms with E-state index in [0.29, 0.717) is 13.2 Å². The Morgan fingerprint density at radius 2 is 2.06 bits per heavy atom. The van der Waals surface area contributed by atoms with E-state index in [1.807, 2.05) is 45.0 Å². The van der Waals surface area contributed by atoms with E-state index in [-0.39, 0.29) is 12.1 Å². The zero-order chi connectivity index (χ0) is 12.0. The van der Waals surface area contributed by atoms with Gasteiger partial charge in [-0.3, -0.25) is 0 Å². The maximum Gasteiger partial charge on any atom is 0.120 e. The van der Waals surface area contributed by atoms with Crippen LogP contribution in [0.5, 0.6) is 5.75 Å². The molecule has 0 fully saturated rings. The fourth-order valence-electron chi connectivity index (χ4n) is 1.42. The first kappa shape index (κ1) is 13.0. The number of hydrogen-bond acceptors (Lipinski definition) is 3. The average molecular weight is 223 g/mol. The van der Waals surface area contributed by atoms with Crippen LogP contribution in [0.4, 0.5) is 0 Å². The van der Waals surface area contributed by atoms with Gasteiger partial charge in [0.05, 0.1) is 6.61 Å². The van der Waals surface area contributed by atoms with Gasteiger partial charge in [-0.05, 0) is 38.5 Å². The van der Waals surface area contributed by atoms with Crippen LogP contribution in [0.25, 0.3) is 0 Å². The first-order valence-corrected chi connectivity index (χ1v) is 5.73. The minimum absolute atomic E-state index is 0.0331. The van der Waals surface area contributed by atoms with E-state index in [1.165, 1.54) is 0 Å². The van der Waals surface area contributed by atoms with E-state index in [4.69, 9.17) is 15.2 Å². The molecule has 3 nitrogen and oxygen atoms in total. The molecule has 1 aromatic rings. The lowest BCUT2D eigenvalue weighted by Gasteiger charge is -2.15. The second kappa shape index (κ2) is 6.51. The normalized spacial score (nSPS) is 14.5. The van der Waals surface area contributed by atoms with Crippen LogP contribution in [-0.2, 0) is 4.74 Å². The standard InChI is InChI=1S/C13H21NO2/c1-4-15-9-10(2)16-13-7-5-6-12(8-13)11(3)14/h5-8,10-11H,4,9,14H2,1-3H3. The second-order valence-electron chi connectivity index (χ2n) is 3.95. The summed E-state index contributed by atoms with van der Waals surface area (Å²) >= 11 is 0. The predicted molar refractivity (Wildman–Crippen MR) is 65.6 cm³/mol. The number of nitrogens with two attached hydrogens (primary N) is 1. The Balaban J connectivity index is 2.56. The summed E-state index contributed by atoms with van der Waals surface area (Å²) in [6.07, 6.45) is 0.0586. The average Bonchev–Trinajstić information content (AvgIpc) is 2.26. The summed E-state index contributed by atoms with van der Waals surface area (Å²) < 4.78 is 11.0. The van der Waals surface area contributed by atoms with Crippen molar-refractivity contribution < 1.29 is 9.47 Å². The van der Waals surface area contributed by atoms with Gasteiger partial charge in [-0.1, -0.05) is 12.1 Å². The molecule has 1 rings (SSSR count). The molecule has 0 heterocycles. The van der Waals surface area contributed by atoms with E-state index in [9.17, 15) is 0 Å². The maximum atomic E-state index is 5.81. The SMILES string of the molecule is CCOCC(C)Oc1cccc(C(C)N)c1. The van der Waals surface area contributed by atoms with E-state index >= 15 is 0 Å². The Kier molecular flexibility index (Phi) is 5.29. The zero-order valence-electron chi connectivity index (χ0n) is 10.3. The van der Waals surface area contributed by atoms with Crippen LogP contribution in [0.3, 0.4) is 0 Å². The molecule has 2 N–H and O–H groups in total. The summed E-state index contributed by atoms with van der Waals surface area (Å²) in [6.45, 7) is 7.26. The Labute approximate surface area is 97.6 Å². The minimum Gasteiger partial charge on any atom is -0.488 e. The third-order valence-electron chi connectivity index (χ3n) is 2.28. The molecule has 0 saturated heterocycles. The van der Waals surface area contributed by atoms with E-state index in [2.05, 4.69) is 0 Å². The van der Waals surface area contributed by atoms with Crippen LogP contribution in [-0.4, -0.2) is 19.3 Å². The van der Waals surface area contributed by atoms with Crippen LogP contribution in [0.2, 0.25) is 0 Å². The van der Waals surface area contributed by atoms with Gasteiger partial charge < -0.3 is 15.2 Å². The second-order valence-corrected chi connectivity index (χ2v) is 3.95. The van der Waals surface area contributed by atoms with E-state index in [0.717, 1.165) is 11.3 Å². The van der Waals surface area contributed by atoms with Crippen LogP contribution in [0.15, 0.2) is 24.3 Å². The molecule has 90 valence electrons. The molecule has 0 amide bonds. The topological polar surface area (TPSA) is 44.5 Å². The van der Waals surface area contributed by atoms with Gasteiger partial charge in [0.2, 0.25) is 0 Å². The lowest BCUT2D eigenvalue weighted by molar-refractivity contribution is 0.0657. The lowest BCUT2D eigenvalue weighted by atomic mass is 10.1. The van der Waals surface area contributed by atoms with Crippen molar-refractivity contribution in [2.45, 2.75) is 32.9 Å². The van der Waals surface area contributed by atoms with Crippen LogP contribution in [0, 0.1) is 0 Å². The molecule has 0 bridgehead atoms. The molecular weight excluding hydrogens is 202 g/mol.